The fraction of sp³-hybridized carbons (Fsp3) is 0.400. The second-order valence-corrected chi connectivity index (χ2v) is 4.10. The first-order chi connectivity index (χ1) is 6.27. The summed E-state index contributed by atoms with van der Waals surface area (Å²) in [5.41, 5.74) is 1.32. The number of aryl methyl sites for hydroxylation is 1. The Morgan fingerprint density at radius 2 is 2.23 bits per heavy atom. The van der Waals surface area contributed by atoms with Crippen LogP contribution in [-0.2, 0) is 6.42 Å². The predicted molar refractivity (Wildman–Crippen MR) is 62.9 cm³/mol. The molecule has 0 fully saturated rings. The summed E-state index contributed by atoms with van der Waals surface area (Å²) in [6, 6.07) is 6.17. The van der Waals surface area contributed by atoms with Crippen LogP contribution < -0.4 is 4.74 Å². The Kier molecular flexibility index (Phi) is 4.67. The zero-order chi connectivity index (χ0) is 9.68. The van der Waals surface area contributed by atoms with Crippen molar-refractivity contribution in [1.82, 2.24) is 0 Å². The van der Waals surface area contributed by atoms with E-state index in [1.807, 2.05) is 6.07 Å². The molecule has 0 spiro atoms. The van der Waals surface area contributed by atoms with Crippen LogP contribution in [0.5, 0.6) is 5.75 Å². The molecule has 1 rings (SSSR count). The first-order valence-electron chi connectivity index (χ1n) is 4.21. The fourth-order valence-corrected chi connectivity index (χ4v) is 1.89. The predicted octanol–water partition coefficient (Wildman–Crippen LogP) is 3.32. The molecule has 0 saturated carbocycles. The van der Waals surface area contributed by atoms with Crippen LogP contribution in [0.1, 0.15) is 12.0 Å². The van der Waals surface area contributed by atoms with Crippen LogP contribution in [0.25, 0.3) is 0 Å². The van der Waals surface area contributed by atoms with Gasteiger partial charge in [0.25, 0.3) is 0 Å². The lowest BCUT2D eigenvalue weighted by Crippen LogP contribution is -1.89. The summed E-state index contributed by atoms with van der Waals surface area (Å²) >= 11 is 7.63. The van der Waals surface area contributed by atoms with Gasteiger partial charge < -0.3 is 4.74 Å². The second-order valence-electron chi connectivity index (χ2n) is 2.80. The van der Waals surface area contributed by atoms with Gasteiger partial charge in [0, 0.05) is 0 Å². The Morgan fingerprint density at radius 1 is 1.46 bits per heavy atom. The van der Waals surface area contributed by atoms with Crippen molar-refractivity contribution in [2.45, 2.75) is 12.8 Å². The molecule has 0 bridgehead atoms. The van der Waals surface area contributed by atoms with Crippen LogP contribution >= 0.6 is 28.6 Å². The molecule has 0 amide bonds. The molecule has 13 heavy (non-hydrogen) atoms. The monoisotopic (exact) mass is 260 g/mol. The van der Waals surface area contributed by atoms with E-state index >= 15 is 0 Å². The van der Waals surface area contributed by atoms with Crippen molar-refractivity contribution in [2.75, 3.05) is 12.9 Å². The molecule has 0 aliphatic heterocycles. The Bertz CT molecular complexity index is 276. The molecule has 0 aromatic heterocycles. The van der Waals surface area contributed by atoms with Crippen molar-refractivity contribution in [2.24, 2.45) is 0 Å². The average Bonchev–Trinajstić information content (AvgIpc) is 2.15. The van der Waals surface area contributed by atoms with Gasteiger partial charge in [0.1, 0.15) is 5.75 Å². The number of thiol groups is 1. The second kappa shape index (κ2) is 5.55. The summed E-state index contributed by atoms with van der Waals surface area (Å²) in [6.45, 7) is 0. The number of halogens is 1. The van der Waals surface area contributed by atoms with Gasteiger partial charge in [0.15, 0.2) is 0 Å². The Hall–Kier alpha value is -0.150. The van der Waals surface area contributed by atoms with Gasteiger partial charge in [0.05, 0.1) is 11.6 Å². The van der Waals surface area contributed by atoms with E-state index in [4.69, 9.17) is 4.74 Å². The third kappa shape index (κ3) is 3.24. The largest absolute Gasteiger partial charge is 0.496 e. The summed E-state index contributed by atoms with van der Waals surface area (Å²) in [5.74, 6) is 1.82. The standard InChI is InChI=1S/C10H13BrOS/c1-12-10-5-4-8(3-2-6-13)7-9(10)11/h4-5,7,13H,2-3,6H2,1H3. The SMILES string of the molecule is COc1ccc(CCCS)cc1Br. The number of hydrogen-bond donors (Lipinski definition) is 1. The molecule has 1 nitrogen and oxygen atoms in total. The topological polar surface area (TPSA) is 9.23 Å². The lowest BCUT2D eigenvalue weighted by atomic mass is 10.1. The zero-order valence-corrected chi connectivity index (χ0v) is 10.1. The molecular weight excluding hydrogens is 248 g/mol. The number of ether oxygens (including phenoxy) is 1. The van der Waals surface area contributed by atoms with E-state index in [0.29, 0.717) is 0 Å². The highest BCUT2D eigenvalue weighted by Crippen LogP contribution is 2.25. The molecular formula is C10H13BrOS. The molecule has 0 atom stereocenters. The van der Waals surface area contributed by atoms with Crippen LogP contribution in [0.15, 0.2) is 22.7 Å². The van der Waals surface area contributed by atoms with Crippen molar-refractivity contribution in [1.29, 1.82) is 0 Å². The third-order valence-electron chi connectivity index (χ3n) is 1.84. The summed E-state index contributed by atoms with van der Waals surface area (Å²) in [6.07, 6.45) is 2.19. The molecule has 0 saturated heterocycles. The van der Waals surface area contributed by atoms with E-state index in [0.717, 1.165) is 28.8 Å². The first-order valence-corrected chi connectivity index (χ1v) is 5.63. The average molecular weight is 261 g/mol. The van der Waals surface area contributed by atoms with Crippen LogP contribution in [0.3, 0.4) is 0 Å². The van der Waals surface area contributed by atoms with Gasteiger partial charge in [-0.1, -0.05) is 6.07 Å². The highest BCUT2D eigenvalue weighted by Gasteiger charge is 2.00. The van der Waals surface area contributed by atoms with Gasteiger partial charge in [-0.3, -0.25) is 0 Å². The van der Waals surface area contributed by atoms with Crippen LogP contribution in [0.4, 0.5) is 0 Å². The molecule has 0 aliphatic carbocycles. The van der Waals surface area contributed by atoms with Crippen molar-refractivity contribution in [3.05, 3.63) is 28.2 Å². The van der Waals surface area contributed by atoms with Gasteiger partial charge in [0.2, 0.25) is 0 Å². The Balaban J connectivity index is 2.71. The molecule has 3 heteroatoms. The van der Waals surface area contributed by atoms with Crippen molar-refractivity contribution in [3.63, 3.8) is 0 Å². The lowest BCUT2D eigenvalue weighted by molar-refractivity contribution is 0.412. The Morgan fingerprint density at radius 3 is 2.77 bits per heavy atom. The fourth-order valence-electron chi connectivity index (χ4n) is 1.15. The van der Waals surface area contributed by atoms with Crippen molar-refractivity contribution in [3.8, 4) is 5.75 Å². The zero-order valence-electron chi connectivity index (χ0n) is 7.59. The smallest absolute Gasteiger partial charge is 0.133 e. The molecule has 0 radical (unpaired) electrons. The van der Waals surface area contributed by atoms with Gasteiger partial charge in [-0.2, -0.15) is 12.6 Å². The quantitative estimate of drug-likeness (QED) is 0.818. The summed E-state index contributed by atoms with van der Waals surface area (Å²) < 4.78 is 6.16. The van der Waals surface area contributed by atoms with Crippen LogP contribution in [-0.4, -0.2) is 12.9 Å². The third-order valence-corrected chi connectivity index (χ3v) is 2.78. The minimum atomic E-state index is 0.884. The Labute approximate surface area is 93.0 Å². The van der Waals surface area contributed by atoms with Gasteiger partial charge in [-0.15, -0.1) is 0 Å². The minimum Gasteiger partial charge on any atom is -0.496 e. The van der Waals surface area contributed by atoms with E-state index in [1.54, 1.807) is 7.11 Å². The molecule has 0 aliphatic rings. The van der Waals surface area contributed by atoms with E-state index in [2.05, 4.69) is 40.7 Å². The maximum atomic E-state index is 5.14. The molecule has 0 N–H and O–H groups in total. The van der Waals surface area contributed by atoms with Gasteiger partial charge in [-0.25, -0.2) is 0 Å². The molecule has 0 heterocycles. The lowest BCUT2D eigenvalue weighted by Gasteiger charge is -2.05. The van der Waals surface area contributed by atoms with Crippen molar-refractivity contribution >= 4 is 28.6 Å². The van der Waals surface area contributed by atoms with Crippen LogP contribution in [0, 0.1) is 0 Å². The first kappa shape index (κ1) is 10.9. The maximum Gasteiger partial charge on any atom is 0.133 e. The van der Waals surface area contributed by atoms with Gasteiger partial charge in [-0.05, 0) is 52.2 Å². The van der Waals surface area contributed by atoms with E-state index in [-0.39, 0.29) is 0 Å². The van der Waals surface area contributed by atoms with Crippen LogP contribution in [0.2, 0.25) is 0 Å². The molecule has 72 valence electrons. The van der Waals surface area contributed by atoms with E-state index < -0.39 is 0 Å². The van der Waals surface area contributed by atoms with E-state index in [9.17, 15) is 0 Å². The maximum absolute atomic E-state index is 5.14. The minimum absolute atomic E-state index is 0.884. The summed E-state index contributed by atoms with van der Waals surface area (Å²) in [4.78, 5) is 0. The van der Waals surface area contributed by atoms with Gasteiger partial charge >= 0.3 is 0 Å². The normalized spacial score (nSPS) is 10.1. The molecule has 1 aromatic carbocycles. The summed E-state index contributed by atoms with van der Waals surface area (Å²) in [5, 5.41) is 0. The molecule has 0 unspecified atom stereocenters. The molecule has 1 aromatic rings. The van der Waals surface area contributed by atoms with Crippen molar-refractivity contribution < 1.29 is 4.74 Å². The highest BCUT2D eigenvalue weighted by molar-refractivity contribution is 9.10. The number of benzene rings is 1. The number of methoxy groups -OCH3 is 1. The highest BCUT2D eigenvalue weighted by atomic mass is 79.9. The summed E-state index contributed by atoms with van der Waals surface area (Å²) in [7, 11) is 1.67. The number of hydrogen-bond acceptors (Lipinski definition) is 2. The van der Waals surface area contributed by atoms with E-state index in [1.165, 1.54) is 5.56 Å². The number of rotatable bonds is 4.